The van der Waals surface area contributed by atoms with Crippen molar-refractivity contribution in [3.05, 3.63) is 35.4 Å². The molecule has 154 valence electrons. The van der Waals surface area contributed by atoms with Gasteiger partial charge in [-0.1, -0.05) is 31.5 Å². The van der Waals surface area contributed by atoms with Crippen LogP contribution in [0.3, 0.4) is 0 Å². The minimum atomic E-state index is -0.613. The highest BCUT2D eigenvalue weighted by Gasteiger charge is 2.48. The van der Waals surface area contributed by atoms with Gasteiger partial charge in [-0.3, -0.25) is 14.4 Å². The number of amides is 3. The van der Waals surface area contributed by atoms with Gasteiger partial charge < -0.3 is 15.1 Å². The first-order valence-electron chi connectivity index (χ1n) is 11.0. The van der Waals surface area contributed by atoms with E-state index >= 15 is 0 Å². The van der Waals surface area contributed by atoms with E-state index in [1.807, 2.05) is 23.1 Å². The Morgan fingerprint density at radius 1 is 1.17 bits per heavy atom. The summed E-state index contributed by atoms with van der Waals surface area (Å²) in [5.74, 6) is 0.355. The number of likely N-dealkylation sites (tertiary alicyclic amines) is 1. The highest BCUT2D eigenvalue weighted by molar-refractivity contribution is 6.05. The molecule has 5 rings (SSSR count). The Kier molecular flexibility index (Phi) is 4.41. The molecule has 6 nitrogen and oxygen atoms in total. The van der Waals surface area contributed by atoms with Gasteiger partial charge in [0.2, 0.25) is 11.8 Å². The van der Waals surface area contributed by atoms with E-state index in [4.69, 9.17) is 0 Å². The fourth-order valence-electron chi connectivity index (χ4n) is 5.47. The second-order valence-electron chi connectivity index (χ2n) is 9.37. The predicted molar refractivity (Wildman–Crippen MR) is 108 cm³/mol. The number of rotatable bonds is 4. The van der Waals surface area contributed by atoms with Gasteiger partial charge in [0.15, 0.2) is 0 Å². The number of nitrogens with zero attached hydrogens (tertiary/aromatic N) is 2. The molecule has 3 fully saturated rings. The summed E-state index contributed by atoms with van der Waals surface area (Å²) in [5.41, 5.74) is 1.68. The molecule has 2 aliphatic heterocycles. The van der Waals surface area contributed by atoms with Crippen molar-refractivity contribution in [2.24, 2.45) is 11.3 Å². The van der Waals surface area contributed by atoms with Gasteiger partial charge in [-0.05, 0) is 55.1 Å². The first-order chi connectivity index (χ1) is 14.0. The monoisotopic (exact) mass is 395 g/mol. The minimum absolute atomic E-state index is 0.00731. The van der Waals surface area contributed by atoms with Gasteiger partial charge in [-0.2, -0.15) is 0 Å². The smallest absolute Gasteiger partial charge is 0.255 e. The largest absolute Gasteiger partial charge is 0.345 e. The van der Waals surface area contributed by atoms with Crippen molar-refractivity contribution in [3.63, 3.8) is 0 Å². The van der Waals surface area contributed by atoms with Gasteiger partial charge in [0.1, 0.15) is 6.04 Å². The van der Waals surface area contributed by atoms with Crippen LogP contribution in [0.5, 0.6) is 0 Å². The number of carbonyl (C=O) groups excluding carboxylic acids is 3. The fourth-order valence-corrected chi connectivity index (χ4v) is 5.47. The van der Waals surface area contributed by atoms with E-state index in [-0.39, 0.29) is 30.3 Å². The van der Waals surface area contributed by atoms with Crippen LogP contribution in [0, 0.1) is 11.3 Å². The van der Waals surface area contributed by atoms with Crippen LogP contribution in [0.4, 0.5) is 0 Å². The van der Waals surface area contributed by atoms with E-state index < -0.39 is 6.04 Å². The first kappa shape index (κ1) is 18.6. The molecule has 0 unspecified atom stereocenters. The average Bonchev–Trinajstić information content (AvgIpc) is 3.49. The van der Waals surface area contributed by atoms with Gasteiger partial charge in [-0.25, -0.2) is 0 Å². The van der Waals surface area contributed by atoms with Crippen LogP contribution in [0.15, 0.2) is 24.3 Å². The van der Waals surface area contributed by atoms with Crippen LogP contribution in [0.2, 0.25) is 0 Å². The molecule has 1 spiro atoms. The van der Waals surface area contributed by atoms with Crippen molar-refractivity contribution in [2.45, 2.75) is 57.5 Å². The van der Waals surface area contributed by atoms with E-state index in [2.05, 4.69) is 12.2 Å². The van der Waals surface area contributed by atoms with E-state index in [1.54, 1.807) is 11.0 Å². The minimum Gasteiger partial charge on any atom is -0.345 e. The van der Waals surface area contributed by atoms with E-state index in [1.165, 1.54) is 19.3 Å². The quantitative estimate of drug-likeness (QED) is 0.852. The average molecular weight is 396 g/mol. The lowest BCUT2D eigenvalue weighted by molar-refractivity contribution is -0.140. The molecule has 2 aliphatic carbocycles. The van der Waals surface area contributed by atoms with Crippen LogP contribution in [0.25, 0.3) is 0 Å². The maximum Gasteiger partial charge on any atom is 0.255 e. The highest BCUT2D eigenvalue weighted by Crippen LogP contribution is 2.50. The summed E-state index contributed by atoms with van der Waals surface area (Å²) >= 11 is 0. The number of fused-ring (bicyclic) bond motifs is 1. The van der Waals surface area contributed by atoms with Gasteiger partial charge in [0, 0.05) is 24.7 Å². The summed E-state index contributed by atoms with van der Waals surface area (Å²) in [6.07, 6.45) is 6.60. The zero-order chi connectivity index (χ0) is 20.2. The maximum absolute atomic E-state index is 13.1. The fraction of sp³-hybridized carbons (Fsp3) is 0.609. The van der Waals surface area contributed by atoms with E-state index in [0.717, 1.165) is 37.9 Å². The molecule has 0 radical (unpaired) electrons. The van der Waals surface area contributed by atoms with Crippen molar-refractivity contribution >= 4 is 17.7 Å². The molecule has 29 heavy (non-hydrogen) atoms. The van der Waals surface area contributed by atoms with Crippen LogP contribution < -0.4 is 5.32 Å². The molecule has 0 aromatic heterocycles. The number of benzene rings is 1. The third kappa shape index (κ3) is 3.04. The van der Waals surface area contributed by atoms with Crippen molar-refractivity contribution < 1.29 is 14.4 Å². The molecule has 2 heterocycles. The lowest BCUT2D eigenvalue weighted by Crippen LogP contribution is -2.55. The number of piperidine rings is 1. The summed E-state index contributed by atoms with van der Waals surface area (Å²) < 4.78 is 0. The van der Waals surface area contributed by atoms with Gasteiger partial charge >= 0.3 is 0 Å². The Bertz CT molecular complexity index is 859. The van der Waals surface area contributed by atoms with Crippen LogP contribution in [-0.4, -0.2) is 53.2 Å². The summed E-state index contributed by atoms with van der Waals surface area (Å²) in [7, 11) is 0. The maximum atomic E-state index is 13.1. The molecule has 1 aromatic carbocycles. The van der Waals surface area contributed by atoms with Gasteiger partial charge in [0.25, 0.3) is 5.91 Å². The van der Waals surface area contributed by atoms with E-state index in [9.17, 15) is 14.4 Å². The predicted octanol–water partition coefficient (Wildman–Crippen LogP) is 2.50. The molecule has 1 saturated heterocycles. The van der Waals surface area contributed by atoms with Crippen molar-refractivity contribution in [2.75, 3.05) is 19.6 Å². The molecule has 1 N–H and O–H groups in total. The SMILES string of the molecule is C[C@@H]1CCN(C(=O)CNC(=O)[C@H]2c3ccccc3C(=O)N2C2CC2)CC12CCC2. The van der Waals surface area contributed by atoms with Crippen molar-refractivity contribution in [1.82, 2.24) is 15.1 Å². The van der Waals surface area contributed by atoms with Gasteiger partial charge in [0.05, 0.1) is 6.54 Å². The highest BCUT2D eigenvalue weighted by atomic mass is 16.2. The Balaban J connectivity index is 1.26. The molecule has 1 aromatic rings. The summed E-state index contributed by atoms with van der Waals surface area (Å²) in [6, 6.07) is 6.87. The van der Waals surface area contributed by atoms with Crippen molar-refractivity contribution in [1.29, 1.82) is 0 Å². The summed E-state index contributed by atoms with van der Waals surface area (Å²) in [6.45, 7) is 3.91. The van der Waals surface area contributed by atoms with Crippen LogP contribution in [-0.2, 0) is 9.59 Å². The first-order valence-corrected chi connectivity index (χ1v) is 11.0. The number of hydrogen-bond acceptors (Lipinski definition) is 3. The molecular weight excluding hydrogens is 366 g/mol. The molecule has 2 atom stereocenters. The molecule has 0 bridgehead atoms. The number of carbonyl (C=O) groups is 3. The van der Waals surface area contributed by atoms with Gasteiger partial charge in [-0.15, -0.1) is 0 Å². The second kappa shape index (κ2) is 6.85. The standard InChI is InChI=1S/C23H29N3O3/c1-15-9-12-25(14-23(15)10-4-11-23)19(27)13-24-21(28)20-17-5-2-3-6-18(17)22(29)26(20)16-7-8-16/h2-3,5-6,15-16,20H,4,7-14H2,1H3,(H,24,28)/t15-,20-/m1/s1. The Hall–Kier alpha value is -2.37. The zero-order valence-electron chi connectivity index (χ0n) is 17.0. The third-order valence-corrected chi connectivity index (χ3v) is 7.69. The second-order valence-corrected chi connectivity index (χ2v) is 9.37. The molecular formula is C23H29N3O3. The normalized spacial score (nSPS) is 27.6. The Morgan fingerprint density at radius 3 is 2.62 bits per heavy atom. The van der Waals surface area contributed by atoms with E-state index in [0.29, 0.717) is 16.9 Å². The Morgan fingerprint density at radius 2 is 1.93 bits per heavy atom. The van der Waals surface area contributed by atoms with Crippen LogP contribution >= 0.6 is 0 Å². The summed E-state index contributed by atoms with van der Waals surface area (Å²) in [4.78, 5) is 42.3. The molecule has 3 amide bonds. The Labute approximate surface area is 171 Å². The molecule has 4 aliphatic rings. The molecule has 6 heteroatoms. The number of nitrogens with one attached hydrogen (secondary N) is 1. The zero-order valence-corrected chi connectivity index (χ0v) is 17.0. The lowest BCUT2D eigenvalue weighted by Gasteiger charge is -2.53. The van der Waals surface area contributed by atoms with Crippen LogP contribution in [0.1, 0.15) is 67.4 Å². The lowest BCUT2D eigenvalue weighted by atomic mass is 9.59. The number of hydrogen-bond donors (Lipinski definition) is 1. The topological polar surface area (TPSA) is 69.7 Å². The molecule has 2 saturated carbocycles. The third-order valence-electron chi connectivity index (χ3n) is 7.69. The van der Waals surface area contributed by atoms with Crippen molar-refractivity contribution in [3.8, 4) is 0 Å². The summed E-state index contributed by atoms with van der Waals surface area (Å²) in [5, 5.41) is 2.85.